The molecule has 2 amide bonds. The fourth-order valence-electron chi connectivity index (χ4n) is 2.41. The maximum atomic E-state index is 12.5. The summed E-state index contributed by atoms with van der Waals surface area (Å²) >= 11 is 0. The number of amides is 2. The van der Waals surface area contributed by atoms with E-state index in [2.05, 4.69) is 15.6 Å². The van der Waals surface area contributed by atoms with Crippen molar-refractivity contribution in [2.24, 2.45) is 0 Å². The Hall–Kier alpha value is -3.19. The Labute approximate surface area is 158 Å². The molecule has 0 bridgehead atoms. The Kier molecular flexibility index (Phi) is 5.52. The van der Waals surface area contributed by atoms with Gasteiger partial charge in [0.2, 0.25) is 9.84 Å². The Balaban J connectivity index is 1.62. The van der Waals surface area contributed by atoms with E-state index in [1.54, 1.807) is 48.7 Å². The van der Waals surface area contributed by atoms with Crippen LogP contribution in [0, 0.1) is 6.92 Å². The van der Waals surface area contributed by atoms with Crippen molar-refractivity contribution in [2.45, 2.75) is 23.3 Å². The number of anilines is 1. The number of aromatic nitrogens is 1. The second kappa shape index (κ2) is 8.01. The maximum absolute atomic E-state index is 12.5. The molecule has 0 unspecified atom stereocenters. The van der Waals surface area contributed by atoms with Gasteiger partial charge in [0.25, 0.3) is 0 Å². The van der Waals surface area contributed by atoms with Gasteiger partial charge in [-0.25, -0.2) is 13.2 Å². The van der Waals surface area contributed by atoms with Crippen LogP contribution in [-0.2, 0) is 16.4 Å². The van der Waals surface area contributed by atoms with Crippen molar-refractivity contribution < 1.29 is 13.2 Å². The lowest BCUT2D eigenvalue weighted by molar-refractivity contribution is 0.251. The fourth-order valence-corrected chi connectivity index (χ4v) is 3.70. The van der Waals surface area contributed by atoms with Crippen LogP contribution in [-0.4, -0.2) is 19.4 Å². The lowest BCUT2D eigenvalue weighted by atomic mass is 10.2. The molecule has 3 aromatic rings. The van der Waals surface area contributed by atoms with Gasteiger partial charge in [-0.1, -0.05) is 24.3 Å². The van der Waals surface area contributed by atoms with Crippen molar-refractivity contribution in [2.75, 3.05) is 5.32 Å². The maximum Gasteiger partial charge on any atom is 0.319 e. The number of nitrogens with zero attached hydrogens (tertiary/aromatic N) is 1. The van der Waals surface area contributed by atoms with Crippen molar-refractivity contribution in [3.05, 3.63) is 84.2 Å². The monoisotopic (exact) mass is 381 g/mol. The first-order valence-corrected chi connectivity index (χ1v) is 9.80. The molecule has 0 spiro atoms. The van der Waals surface area contributed by atoms with Crippen molar-refractivity contribution in [1.82, 2.24) is 10.3 Å². The highest BCUT2D eigenvalue weighted by molar-refractivity contribution is 7.91. The molecule has 2 aromatic carbocycles. The second-order valence-electron chi connectivity index (χ2n) is 5.96. The van der Waals surface area contributed by atoms with Crippen LogP contribution >= 0.6 is 0 Å². The summed E-state index contributed by atoms with van der Waals surface area (Å²) in [5.74, 6) is 0. The molecule has 27 heavy (non-hydrogen) atoms. The number of rotatable bonds is 5. The summed E-state index contributed by atoms with van der Waals surface area (Å²) in [6.07, 6.45) is 1.71. The van der Waals surface area contributed by atoms with Gasteiger partial charge in [-0.05, 0) is 55.0 Å². The Morgan fingerprint density at radius 3 is 2.22 bits per heavy atom. The van der Waals surface area contributed by atoms with Crippen LogP contribution < -0.4 is 10.6 Å². The summed E-state index contributed by atoms with van der Waals surface area (Å²) in [6, 6.07) is 17.7. The molecule has 0 aliphatic heterocycles. The fraction of sp³-hybridized carbons (Fsp3) is 0.100. The minimum absolute atomic E-state index is 0.172. The van der Waals surface area contributed by atoms with E-state index in [1.165, 1.54) is 12.1 Å². The third-order valence-electron chi connectivity index (χ3n) is 3.90. The first-order chi connectivity index (χ1) is 12.9. The van der Waals surface area contributed by atoms with Crippen molar-refractivity contribution in [3.8, 4) is 0 Å². The summed E-state index contributed by atoms with van der Waals surface area (Å²) in [4.78, 5) is 16.6. The normalized spacial score (nSPS) is 11.0. The van der Waals surface area contributed by atoms with Gasteiger partial charge in [-0.15, -0.1) is 0 Å². The first-order valence-electron chi connectivity index (χ1n) is 8.32. The van der Waals surface area contributed by atoms with Crippen LogP contribution in [0.4, 0.5) is 10.5 Å². The molecule has 0 saturated carbocycles. The molecule has 1 heterocycles. The molecule has 138 valence electrons. The standard InChI is InChI=1S/C20H19N3O3S/c1-15-7-8-16(13-21-15)14-22-20(24)23-17-9-11-19(12-10-17)27(25,26)18-5-3-2-4-6-18/h2-13H,14H2,1H3,(H2,22,23,24). The molecule has 1 aromatic heterocycles. The largest absolute Gasteiger partial charge is 0.334 e. The van der Waals surface area contributed by atoms with E-state index < -0.39 is 9.84 Å². The molecular formula is C20H19N3O3S. The smallest absolute Gasteiger partial charge is 0.319 e. The zero-order valence-corrected chi connectivity index (χ0v) is 15.5. The Morgan fingerprint density at radius 2 is 1.59 bits per heavy atom. The number of aryl methyl sites for hydroxylation is 1. The van der Waals surface area contributed by atoms with Gasteiger partial charge < -0.3 is 10.6 Å². The predicted octanol–water partition coefficient (Wildman–Crippen LogP) is 3.54. The highest BCUT2D eigenvalue weighted by Crippen LogP contribution is 2.22. The van der Waals surface area contributed by atoms with Gasteiger partial charge in [0.05, 0.1) is 9.79 Å². The molecule has 3 rings (SSSR count). The quantitative estimate of drug-likeness (QED) is 0.707. The average molecular weight is 381 g/mol. The van der Waals surface area contributed by atoms with E-state index in [0.29, 0.717) is 12.2 Å². The minimum atomic E-state index is -3.57. The number of hydrogen-bond acceptors (Lipinski definition) is 4. The molecular weight excluding hydrogens is 362 g/mol. The van der Waals surface area contributed by atoms with Crippen LogP contribution in [0.25, 0.3) is 0 Å². The van der Waals surface area contributed by atoms with E-state index in [4.69, 9.17) is 0 Å². The summed E-state index contributed by atoms with van der Waals surface area (Å²) in [5.41, 5.74) is 2.30. The van der Waals surface area contributed by atoms with E-state index >= 15 is 0 Å². The highest BCUT2D eigenvalue weighted by atomic mass is 32.2. The molecule has 0 aliphatic rings. The van der Waals surface area contributed by atoms with Crippen LogP contribution in [0.15, 0.2) is 82.7 Å². The molecule has 6 nitrogen and oxygen atoms in total. The average Bonchev–Trinajstić information content (AvgIpc) is 2.69. The van der Waals surface area contributed by atoms with Gasteiger partial charge in [-0.3, -0.25) is 4.98 Å². The Bertz CT molecular complexity index is 1020. The molecule has 0 saturated heterocycles. The lowest BCUT2D eigenvalue weighted by Gasteiger charge is -2.09. The van der Waals surface area contributed by atoms with Gasteiger partial charge in [0, 0.05) is 24.1 Å². The molecule has 0 radical (unpaired) electrons. The number of pyridine rings is 1. The lowest BCUT2D eigenvalue weighted by Crippen LogP contribution is -2.28. The number of urea groups is 1. The van der Waals surface area contributed by atoms with E-state index in [0.717, 1.165) is 11.3 Å². The van der Waals surface area contributed by atoms with Gasteiger partial charge >= 0.3 is 6.03 Å². The number of carbonyl (C=O) groups is 1. The molecule has 0 aliphatic carbocycles. The number of nitrogens with one attached hydrogen (secondary N) is 2. The molecule has 0 fully saturated rings. The number of sulfone groups is 1. The van der Waals surface area contributed by atoms with Gasteiger partial charge in [0.15, 0.2) is 0 Å². The minimum Gasteiger partial charge on any atom is -0.334 e. The number of benzene rings is 2. The summed E-state index contributed by atoms with van der Waals surface area (Å²) in [6.45, 7) is 2.24. The van der Waals surface area contributed by atoms with Crippen LogP contribution in [0.2, 0.25) is 0 Å². The van der Waals surface area contributed by atoms with Crippen molar-refractivity contribution in [1.29, 1.82) is 0 Å². The second-order valence-corrected chi connectivity index (χ2v) is 7.91. The summed E-state index contributed by atoms with van der Waals surface area (Å²) in [7, 11) is -3.57. The molecule has 7 heteroatoms. The van der Waals surface area contributed by atoms with E-state index in [1.807, 2.05) is 19.1 Å². The number of carbonyl (C=O) groups excluding carboxylic acids is 1. The van der Waals surface area contributed by atoms with Crippen LogP contribution in [0.5, 0.6) is 0 Å². The number of hydrogen-bond donors (Lipinski definition) is 2. The van der Waals surface area contributed by atoms with Crippen LogP contribution in [0.3, 0.4) is 0 Å². The molecule has 2 N–H and O–H groups in total. The summed E-state index contributed by atoms with van der Waals surface area (Å²) < 4.78 is 25.1. The third-order valence-corrected chi connectivity index (χ3v) is 5.69. The van der Waals surface area contributed by atoms with Crippen LogP contribution in [0.1, 0.15) is 11.3 Å². The first kappa shape index (κ1) is 18.6. The third kappa shape index (κ3) is 4.71. The highest BCUT2D eigenvalue weighted by Gasteiger charge is 2.16. The zero-order chi connectivity index (χ0) is 19.3. The predicted molar refractivity (Wildman–Crippen MR) is 103 cm³/mol. The Morgan fingerprint density at radius 1 is 0.926 bits per heavy atom. The molecule has 0 atom stereocenters. The summed E-state index contributed by atoms with van der Waals surface area (Å²) in [5, 5.41) is 5.41. The van der Waals surface area contributed by atoms with E-state index in [9.17, 15) is 13.2 Å². The zero-order valence-electron chi connectivity index (χ0n) is 14.7. The van der Waals surface area contributed by atoms with E-state index in [-0.39, 0.29) is 15.8 Å². The van der Waals surface area contributed by atoms with Gasteiger partial charge in [-0.2, -0.15) is 0 Å². The SMILES string of the molecule is Cc1ccc(CNC(=O)Nc2ccc(S(=O)(=O)c3ccccc3)cc2)cn1. The van der Waals surface area contributed by atoms with Crippen molar-refractivity contribution >= 4 is 21.6 Å². The van der Waals surface area contributed by atoms with Crippen molar-refractivity contribution in [3.63, 3.8) is 0 Å². The van der Waals surface area contributed by atoms with Gasteiger partial charge in [0.1, 0.15) is 0 Å². The topological polar surface area (TPSA) is 88.2 Å².